The predicted molar refractivity (Wildman–Crippen MR) is 232 cm³/mol. The molecule has 4 aromatic heterocycles. The van der Waals surface area contributed by atoms with E-state index in [4.69, 9.17) is 9.97 Å². The molecule has 0 aliphatic rings. The van der Waals surface area contributed by atoms with E-state index in [1.807, 2.05) is 24.4 Å². The Balaban J connectivity index is 1.08. The smallest absolute Gasteiger partial charge is 0.145 e. The summed E-state index contributed by atoms with van der Waals surface area (Å²) in [7, 11) is 0. The van der Waals surface area contributed by atoms with E-state index in [2.05, 4.69) is 191 Å². The summed E-state index contributed by atoms with van der Waals surface area (Å²) in [6.45, 7) is 0. The van der Waals surface area contributed by atoms with Gasteiger partial charge in [0.15, 0.2) is 0 Å². The van der Waals surface area contributed by atoms with Crippen LogP contribution in [-0.2, 0) is 0 Å². The van der Waals surface area contributed by atoms with Crippen molar-refractivity contribution in [2.45, 2.75) is 0 Å². The predicted octanol–water partition coefficient (Wildman–Crippen LogP) is 13.3. The number of benzene rings is 7. The summed E-state index contributed by atoms with van der Waals surface area (Å²) < 4.78 is 4.68. The van der Waals surface area contributed by atoms with Gasteiger partial charge in [0.05, 0.1) is 27.9 Å². The van der Waals surface area contributed by atoms with Gasteiger partial charge in [0.2, 0.25) is 0 Å². The molecule has 0 spiro atoms. The monoisotopic (exact) mass is 714 g/mol. The van der Waals surface area contributed by atoms with Crippen LogP contribution in [0.4, 0.5) is 0 Å². The summed E-state index contributed by atoms with van der Waals surface area (Å²) >= 11 is 0. The molecule has 0 N–H and O–H groups in total. The first-order chi connectivity index (χ1) is 27.8. The van der Waals surface area contributed by atoms with Crippen molar-refractivity contribution in [3.63, 3.8) is 0 Å². The summed E-state index contributed by atoms with van der Waals surface area (Å²) in [6.07, 6.45) is 1.88. The molecule has 262 valence electrons. The van der Waals surface area contributed by atoms with Crippen molar-refractivity contribution in [1.29, 1.82) is 0 Å². The first kappa shape index (κ1) is 31.9. The van der Waals surface area contributed by atoms with Crippen molar-refractivity contribution in [1.82, 2.24) is 19.1 Å². The van der Waals surface area contributed by atoms with Gasteiger partial charge in [-0.3, -0.25) is 4.57 Å². The maximum absolute atomic E-state index is 5.13. The van der Waals surface area contributed by atoms with Crippen LogP contribution in [0.3, 0.4) is 0 Å². The molecular weight excluding hydrogens is 681 g/mol. The number of fused-ring (bicyclic) bond motifs is 6. The molecule has 4 heterocycles. The van der Waals surface area contributed by atoms with Gasteiger partial charge in [0.1, 0.15) is 5.65 Å². The van der Waals surface area contributed by atoms with Crippen LogP contribution < -0.4 is 0 Å². The lowest BCUT2D eigenvalue weighted by Gasteiger charge is -2.13. The number of para-hydroxylation sites is 2. The molecular formula is C52H34N4. The Bertz CT molecular complexity index is 3170. The van der Waals surface area contributed by atoms with Gasteiger partial charge in [0.25, 0.3) is 0 Å². The topological polar surface area (TPSA) is 35.6 Å². The molecule has 56 heavy (non-hydrogen) atoms. The van der Waals surface area contributed by atoms with Gasteiger partial charge >= 0.3 is 0 Å². The third-order valence-corrected chi connectivity index (χ3v) is 10.9. The van der Waals surface area contributed by atoms with Gasteiger partial charge in [-0.1, -0.05) is 127 Å². The van der Waals surface area contributed by atoms with E-state index in [1.165, 1.54) is 38.3 Å². The summed E-state index contributed by atoms with van der Waals surface area (Å²) in [6, 6.07) is 71.4. The SMILES string of the molecule is c1ccc(-c2cc(-c3cccc(-n4c5ccccc5c5ccc(-c6ccc7c(c6)c6cccnc6n7-c6ccccc6)cc54)c3)cc(-c3ccccc3)n2)cc1. The van der Waals surface area contributed by atoms with Crippen molar-refractivity contribution in [3.8, 4) is 56.1 Å². The number of nitrogens with zero attached hydrogens (tertiary/aromatic N) is 4. The molecule has 0 fully saturated rings. The lowest BCUT2D eigenvalue weighted by Crippen LogP contribution is -1.96. The number of aromatic nitrogens is 4. The lowest BCUT2D eigenvalue weighted by molar-refractivity contribution is 1.14. The number of pyridine rings is 2. The standard InChI is InChI=1S/C52H34N4/c1-4-14-35(15-5-1)47-32-40(33-48(54-47)36-16-6-2-7-17-36)37-18-12-21-42(30-37)55-49-24-11-10-22-43(49)44-27-25-39(34-51(44)55)38-26-28-50-46(31-38)45-23-13-29-53-52(45)56(50)41-19-8-3-9-20-41/h1-34H. The van der Waals surface area contributed by atoms with Gasteiger partial charge in [-0.05, 0) is 95.1 Å². The van der Waals surface area contributed by atoms with E-state index in [0.717, 1.165) is 61.6 Å². The third-order valence-electron chi connectivity index (χ3n) is 10.9. The van der Waals surface area contributed by atoms with Crippen LogP contribution in [0.1, 0.15) is 0 Å². The van der Waals surface area contributed by atoms with Crippen molar-refractivity contribution in [2.75, 3.05) is 0 Å². The molecule has 7 aromatic carbocycles. The number of rotatable bonds is 6. The van der Waals surface area contributed by atoms with Crippen molar-refractivity contribution >= 4 is 43.7 Å². The molecule has 0 saturated heterocycles. The lowest BCUT2D eigenvalue weighted by atomic mass is 9.99. The van der Waals surface area contributed by atoms with Crippen molar-refractivity contribution in [2.24, 2.45) is 0 Å². The highest BCUT2D eigenvalue weighted by Crippen LogP contribution is 2.39. The van der Waals surface area contributed by atoms with Crippen LogP contribution in [0.15, 0.2) is 206 Å². The molecule has 0 unspecified atom stereocenters. The Morgan fingerprint density at radius 1 is 0.304 bits per heavy atom. The maximum atomic E-state index is 5.13. The molecule has 4 nitrogen and oxygen atoms in total. The highest BCUT2D eigenvalue weighted by Gasteiger charge is 2.17. The van der Waals surface area contributed by atoms with E-state index in [1.54, 1.807) is 0 Å². The molecule has 0 atom stereocenters. The fourth-order valence-corrected chi connectivity index (χ4v) is 8.33. The highest BCUT2D eigenvalue weighted by molar-refractivity contribution is 6.12. The zero-order chi connectivity index (χ0) is 37.0. The third kappa shape index (κ3) is 5.31. The first-order valence-electron chi connectivity index (χ1n) is 19.0. The van der Waals surface area contributed by atoms with Crippen molar-refractivity contribution in [3.05, 3.63) is 206 Å². The molecule has 0 bridgehead atoms. The minimum Gasteiger partial charge on any atom is -0.309 e. The summed E-state index contributed by atoms with van der Waals surface area (Å²) in [4.78, 5) is 9.97. The van der Waals surface area contributed by atoms with E-state index in [0.29, 0.717) is 0 Å². The quantitative estimate of drug-likeness (QED) is 0.172. The molecule has 0 aliphatic heterocycles. The summed E-state index contributed by atoms with van der Waals surface area (Å²) in [5, 5.41) is 4.78. The van der Waals surface area contributed by atoms with Gasteiger partial charge in [-0.25, -0.2) is 9.97 Å². The molecule has 0 radical (unpaired) electrons. The van der Waals surface area contributed by atoms with E-state index < -0.39 is 0 Å². The average molecular weight is 715 g/mol. The highest BCUT2D eigenvalue weighted by atomic mass is 15.0. The summed E-state index contributed by atoms with van der Waals surface area (Å²) in [5.74, 6) is 0. The van der Waals surface area contributed by atoms with E-state index in [-0.39, 0.29) is 0 Å². The second-order valence-corrected chi connectivity index (χ2v) is 14.3. The Labute approximate surface area is 324 Å². The van der Waals surface area contributed by atoms with Crippen LogP contribution in [0.5, 0.6) is 0 Å². The summed E-state index contributed by atoms with van der Waals surface area (Å²) in [5.41, 5.74) is 15.3. The van der Waals surface area contributed by atoms with E-state index >= 15 is 0 Å². The second kappa shape index (κ2) is 13.1. The molecule has 4 heteroatoms. The first-order valence-corrected chi connectivity index (χ1v) is 19.0. The molecule has 11 aromatic rings. The number of hydrogen-bond donors (Lipinski definition) is 0. The fourth-order valence-electron chi connectivity index (χ4n) is 8.33. The van der Waals surface area contributed by atoms with E-state index in [9.17, 15) is 0 Å². The maximum Gasteiger partial charge on any atom is 0.145 e. The molecule has 11 rings (SSSR count). The minimum atomic E-state index is 0.952. The van der Waals surface area contributed by atoms with Gasteiger partial charge < -0.3 is 4.57 Å². The molecule has 0 aliphatic carbocycles. The Hall–Kier alpha value is -7.56. The zero-order valence-corrected chi connectivity index (χ0v) is 30.4. The Morgan fingerprint density at radius 2 is 0.875 bits per heavy atom. The Morgan fingerprint density at radius 3 is 1.64 bits per heavy atom. The molecule has 0 saturated carbocycles. The fraction of sp³-hybridized carbons (Fsp3) is 0. The van der Waals surface area contributed by atoms with Gasteiger partial charge in [-0.2, -0.15) is 0 Å². The van der Waals surface area contributed by atoms with Crippen molar-refractivity contribution < 1.29 is 0 Å². The largest absolute Gasteiger partial charge is 0.309 e. The van der Waals surface area contributed by atoms with Crippen LogP contribution >= 0.6 is 0 Å². The van der Waals surface area contributed by atoms with Crippen LogP contribution in [0.2, 0.25) is 0 Å². The van der Waals surface area contributed by atoms with Crippen LogP contribution in [0.25, 0.3) is 99.9 Å². The minimum absolute atomic E-state index is 0.952. The second-order valence-electron chi connectivity index (χ2n) is 14.3. The van der Waals surface area contributed by atoms with Crippen LogP contribution in [0, 0.1) is 0 Å². The van der Waals surface area contributed by atoms with Gasteiger partial charge in [-0.15, -0.1) is 0 Å². The molecule has 0 amide bonds. The zero-order valence-electron chi connectivity index (χ0n) is 30.4. The van der Waals surface area contributed by atoms with Gasteiger partial charge in [0, 0.05) is 50.2 Å². The normalized spacial score (nSPS) is 11.6. The Kier molecular flexibility index (Phi) is 7.46. The number of hydrogen-bond acceptors (Lipinski definition) is 2. The average Bonchev–Trinajstić information content (AvgIpc) is 3.79. The van der Waals surface area contributed by atoms with Crippen LogP contribution in [-0.4, -0.2) is 19.1 Å².